The number of nitrogens with zero attached hydrogens (tertiary/aromatic N) is 2. The van der Waals surface area contributed by atoms with E-state index in [0.717, 1.165) is 24.3 Å². The number of carbonyl (C=O) groups is 3. The second-order valence-electron chi connectivity index (χ2n) is 11.1. The van der Waals surface area contributed by atoms with E-state index in [9.17, 15) is 45.1 Å². The van der Waals surface area contributed by atoms with Gasteiger partial charge in [0.2, 0.25) is 5.88 Å². The van der Waals surface area contributed by atoms with E-state index in [1.807, 2.05) is 0 Å². The number of halogens is 7. The molecular weight excluding hydrogens is 661 g/mol. The molecule has 2 saturated heterocycles. The number of hydrogen-bond acceptors (Lipinski definition) is 7. The smallest absolute Gasteiger partial charge is 0.419 e. The van der Waals surface area contributed by atoms with Crippen LogP contribution in [0, 0.1) is 11.2 Å². The molecule has 4 aromatic rings. The molecule has 2 N–H and O–H groups in total. The maximum absolute atomic E-state index is 13.8. The number of carbonyl (C=O) groups excluding carboxylic acids is 3. The van der Waals surface area contributed by atoms with E-state index in [4.69, 9.17) is 9.47 Å². The van der Waals surface area contributed by atoms with Crippen molar-refractivity contribution >= 4 is 50.5 Å². The van der Waals surface area contributed by atoms with Crippen LogP contribution in [0.3, 0.4) is 0 Å². The van der Waals surface area contributed by atoms with Crippen LogP contribution in [0.2, 0.25) is 0 Å². The largest absolute Gasteiger partial charge is 0.480 e. The van der Waals surface area contributed by atoms with Crippen LogP contribution in [-0.4, -0.2) is 61.0 Å². The summed E-state index contributed by atoms with van der Waals surface area (Å²) in [5, 5.41) is 4.66. The number of hydrogen-bond donors (Lipinski definition) is 2. The molecule has 0 aliphatic carbocycles. The van der Waals surface area contributed by atoms with Crippen LogP contribution < -0.4 is 15.4 Å². The Bertz CT molecular complexity index is 1930. The van der Waals surface area contributed by atoms with Gasteiger partial charge < -0.3 is 25.0 Å². The fourth-order valence-corrected chi connectivity index (χ4v) is 6.40. The molecule has 1 spiro atoms. The molecule has 0 saturated carbocycles. The van der Waals surface area contributed by atoms with E-state index in [2.05, 4.69) is 15.6 Å². The number of methoxy groups -OCH3 is 1. The standard InChI is InChI=1S/C30H21F7N4O5S/c1-45-26-18(6-14(9-38-26)27(44)41-10-28(11-41)12-46-13-28)24(42)40-22-17-4-2-15(29(32,33)34)7-21(17)47-23(22)25(43)39-16-3-5-20(31)19(8-16)30(35,36)37/h2-9H,10-13H2,1H3,(H,39,43)(H,40,42). The Morgan fingerprint density at radius 3 is 2.30 bits per heavy atom. The van der Waals surface area contributed by atoms with Crippen molar-refractivity contribution in [3.63, 3.8) is 0 Å². The summed E-state index contributed by atoms with van der Waals surface area (Å²) in [6.45, 7) is 1.98. The molecule has 17 heteroatoms. The summed E-state index contributed by atoms with van der Waals surface area (Å²) in [4.78, 5) is 45.3. The van der Waals surface area contributed by atoms with Crippen LogP contribution in [0.4, 0.5) is 42.1 Å². The number of rotatable bonds is 6. The van der Waals surface area contributed by atoms with Crippen molar-refractivity contribution in [2.75, 3.05) is 44.0 Å². The number of ether oxygens (including phenoxy) is 2. The van der Waals surface area contributed by atoms with Gasteiger partial charge in [0.1, 0.15) is 16.3 Å². The van der Waals surface area contributed by atoms with Gasteiger partial charge in [0.05, 0.1) is 48.1 Å². The van der Waals surface area contributed by atoms with Gasteiger partial charge in [-0.1, -0.05) is 6.07 Å². The van der Waals surface area contributed by atoms with Crippen LogP contribution >= 0.6 is 11.3 Å². The highest BCUT2D eigenvalue weighted by atomic mass is 32.1. The van der Waals surface area contributed by atoms with Gasteiger partial charge in [-0.3, -0.25) is 14.4 Å². The van der Waals surface area contributed by atoms with Crippen molar-refractivity contribution in [2.24, 2.45) is 5.41 Å². The monoisotopic (exact) mass is 682 g/mol. The van der Waals surface area contributed by atoms with Gasteiger partial charge in [-0.15, -0.1) is 11.3 Å². The predicted molar refractivity (Wildman–Crippen MR) is 154 cm³/mol. The first-order valence-corrected chi connectivity index (χ1v) is 14.4. The number of benzene rings is 2. The maximum atomic E-state index is 13.8. The number of likely N-dealkylation sites (tertiary alicyclic amines) is 1. The SMILES string of the molecule is COc1ncc(C(=O)N2CC3(COC3)C2)cc1C(=O)Nc1c(C(=O)Nc2ccc(F)c(C(F)(F)F)c2)sc2cc(C(F)(F)F)ccc12. The Kier molecular flexibility index (Phi) is 7.86. The van der Waals surface area contributed by atoms with Crippen LogP contribution in [0.5, 0.6) is 5.88 Å². The third-order valence-electron chi connectivity index (χ3n) is 7.68. The summed E-state index contributed by atoms with van der Waals surface area (Å²) >= 11 is 0.531. The van der Waals surface area contributed by atoms with Crippen molar-refractivity contribution in [3.05, 3.63) is 81.6 Å². The van der Waals surface area contributed by atoms with Gasteiger partial charge in [0, 0.05) is 35.1 Å². The van der Waals surface area contributed by atoms with E-state index >= 15 is 0 Å². The molecule has 2 fully saturated rings. The van der Waals surface area contributed by atoms with Crippen molar-refractivity contribution in [1.29, 1.82) is 0 Å². The Labute approximate surface area is 264 Å². The van der Waals surface area contributed by atoms with Crippen LogP contribution in [0.25, 0.3) is 10.1 Å². The van der Waals surface area contributed by atoms with Gasteiger partial charge in [-0.05, 0) is 36.4 Å². The maximum Gasteiger partial charge on any atom is 0.419 e. The summed E-state index contributed by atoms with van der Waals surface area (Å²) < 4.78 is 104. The number of pyridine rings is 1. The van der Waals surface area contributed by atoms with E-state index < -0.39 is 52.7 Å². The van der Waals surface area contributed by atoms with E-state index in [-0.39, 0.29) is 43.1 Å². The Morgan fingerprint density at radius 2 is 1.68 bits per heavy atom. The fraction of sp³-hybridized carbons (Fsp3) is 0.267. The zero-order valence-corrected chi connectivity index (χ0v) is 24.8. The van der Waals surface area contributed by atoms with E-state index in [1.165, 1.54) is 19.4 Å². The lowest BCUT2D eigenvalue weighted by Crippen LogP contribution is -2.67. The molecule has 9 nitrogen and oxygen atoms in total. The second kappa shape index (κ2) is 11.5. The normalized spacial score (nSPS) is 15.6. The number of nitrogens with one attached hydrogen (secondary N) is 2. The third kappa shape index (κ3) is 6.07. The molecule has 2 aliphatic rings. The van der Waals surface area contributed by atoms with Gasteiger partial charge in [-0.2, -0.15) is 26.3 Å². The lowest BCUT2D eigenvalue weighted by molar-refractivity contribution is -0.176. The van der Waals surface area contributed by atoms with Crippen LogP contribution in [0.15, 0.2) is 48.7 Å². The number of thiophene rings is 1. The minimum absolute atomic E-state index is 0.00402. The second-order valence-corrected chi connectivity index (χ2v) is 12.1. The lowest BCUT2D eigenvalue weighted by Gasteiger charge is -2.54. The Hall–Kier alpha value is -4.77. The first-order valence-electron chi connectivity index (χ1n) is 13.6. The molecule has 6 rings (SSSR count). The van der Waals surface area contributed by atoms with E-state index in [1.54, 1.807) is 4.90 Å². The Morgan fingerprint density at radius 1 is 0.957 bits per heavy atom. The minimum atomic E-state index is -5.08. The molecule has 246 valence electrons. The number of aromatic nitrogens is 1. The molecule has 0 atom stereocenters. The van der Waals surface area contributed by atoms with Crippen molar-refractivity contribution in [3.8, 4) is 5.88 Å². The van der Waals surface area contributed by atoms with Gasteiger partial charge in [0.25, 0.3) is 17.7 Å². The zero-order chi connectivity index (χ0) is 33.9. The van der Waals surface area contributed by atoms with Crippen LogP contribution in [-0.2, 0) is 17.1 Å². The lowest BCUT2D eigenvalue weighted by atomic mass is 9.78. The molecule has 2 aromatic carbocycles. The van der Waals surface area contributed by atoms with Gasteiger partial charge >= 0.3 is 12.4 Å². The quantitative estimate of drug-likeness (QED) is 0.226. The summed E-state index contributed by atoms with van der Waals surface area (Å²) in [5.74, 6) is -4.26. The molecule has 3 amide bonds. The molecule has 47 heavy (non-hydrogen) atoms. The highest BCUT2D eigenvalue weighted by Gasteiger charge is 2.50. The average molecular weight is 683 g/mol. The average Bonchev–Trinajstić information content (AvgIpc) is 3.32. The van der Waals surface area contributed by atoms with Gasteiger partial charge in [0.15, 0.2) is 0 Å². The minimum Gasteiger partial charge on any atom is -0.480 e. The van der Waals surface area contributed by atoms with Crippen molar-refractivity contribution in [2.45, 2.75) is 12.4 Å². The molecule has 4 heterocycles. The fourth-order valence-electron chi connectivity index (χ4n) is 5.30. The molecule has 0 radical (unpaired) electrons. The zero-order valence-electron chi connectivity index (χ0n) is 23.9. The van der Waals surface area contributed by atoms with Gasteiger partial charge in [-0.25, -0.2) is 9.37 Å². The number of anilines is 2. The summed E-state index contributed by atoms with van der Waals surface area (Å²) in [6.07, 6.45) is -8.61. The summed E-state index contributed by atoms with van der Waals surface area (Å²) in [5.41, 5.74) is -3.72. The predicted octanol–water partition coefficient (Wildman–Crippen LogP) is 6.46. The first kappa shape index (κ1) is 32.2. The molecular formula is C30H21F7N4O5S. The summed E-state index contributed by atoms with van der Waals surface area (Å²) in [6, 6.07) is 5.45. The molecule has 2 aromatic heterocycles. The Balaban J connectivity index is 1.34. The highest BCUT2D eigenvalue weighted by Crippen LogP contribution is 2.42. The molecule has 2 aliphatic heterocycles. The number of fused-ring (bicyclic) bond motifs is 1. The topological polar surface area (TPSA) is 110 Å². The highest BCUT2D eigenvalue weighted by molar-refractivity contribution is 7.21. The molecule has 0 bridgehead atoms. The van der Waals surface area contributed by atoms with E-state index in [0.29, 0.717) is 49.8 Å². The number of alkyl halides is 6. The van der Waals surface area contributed by atoms with Crippen LogP contribution in [0.1, 0.15) is 41.5 Å². The first-order chi connectivity index (χ1) is 22.1. The third-order valence-corrected chi connectivity index (χ3v) is 8.84. The molecule has 0 unspecified atom stereocenters. The summed E-state index contributed by atoms with van der Waals surface area (Å²) in [7, 11) is 1.21. The van der Waals surface area contributed by atoms with Crippen molar-refractivity contribution < 1.29 is 54.6 Å². The number of amides is 3. The van der Waals surface area contributed by atoms with Crippen molar-refractivity contribution in [1.82, 2.24) is 9.88 Å².